The van der Waals surface area contributed by atoms with Gasteiger partial charge in [-0.15, -0.1) is 0 Å². The monoisotopic (exact) mass is 299 g/mol. The molecule has 1 N–H and O–H groups in total. The predicted octanol–water partition coefficient (Wildman–Crippen LogP) is 2.31. The van der Waals surface area contributed by atoms with Crippen LogP contribution in [0.15, 0.2) is 24.3 Å². The average molecular weight is 299 g/mol. The summed E-state index contributed by atoms with van der Waals surface area (Å²) in [6.07, 6.45) is 3.82. The maximum absolute atomic E-state index is 11.0. The molecule has 1 aromatic heterocycles. The Kier molecular flexibility index (Phi) is 3.00. The van der Waals surface area contributed by atoms with Gasteiger partial charge in [0.2, 0.25) is 0 Å². The first kappa shape index (κ1) is 13.5. The van der Waals surface area contributed by atoms with Crippen LogP contribution in [-0.4, -0.2) is 38.0 Å². The number of fused-ring (bicyclic) bond motifs is 2. The van der Waals surface area contributed by atoms with Crippen molar-refractivity contribution in [2.75, 3.05) is 0 Å². The molecule has 0 aliphatic carbocycles. The Labute approximate surface area is 127 Å². The molecule has 0 unspecified atom stereocenters. The lowest BCUT2D eigenvalue weighted by atomic mass is 9.88. The second kappa shape index (κ2) is 4.91. The Morgan fingerprint density at radius 2 is 2.09 bits per heavy atom. The number of aromatic carboxylic acids is 1. The van der Waals surface area contributed by atoms with E-state index in [0.717, 1.165) is 36.6 Å². The van der Waals surface area contributed by atoms with Crippen molar-refractivity contribution in [3.05, 3.63) is 41.5 Å². The molecule has 4 rings (SSSR count). The van der Waals surface area contributed by atoms with Crippen LogP contribution in [0.2, 0.25) is 0 Å². The molecule has 6 nitrogen and oxygen atoms in total. The molecule has 0 spiro atoms. The minimum absolute atomic E-state index is 0.241. The van der Waals surface area contributed by atoms with Crippen molar-refractivity contribution in [2.24, 2.45) is 0 Å². The summed E-state index contributed by atoms with van der Waals surface area (Å²) in [5, 5.41) is 13.5. The van der Waals surface area contributed by atoms with E-state index in [2.05, 4.69) is 10.1 Å². The van der Waals surface area contributed by atoms with Gasteiger partial charge in [-0.2, -0.15) is 5.10 Å². The maximum atomic E-state index is 11.0. The SMILES string of the molecule is Cc1nc([C@@H]2C[C@@H]3CC[C@H]2O3)n(-c2ccc(C(=O)O)cc2)n1. The molecule has 2 fully saturated rings. The van der Waals surface area contributed by atoms with Gasteiger partial charge in [0.05, 0.1) is 23.5 Å². The zero-order valence-electron chi connectivity index (χ0n) is 12.3. The van der Waals surface area contributed by atoms with Crippen molar-refractivity contribution in [1.29, 1.82) is 0 Å². The number of carboxylic acid groups (broad SMARTS) is 1. The van der Waals surface area contributed by atoms with Gasteiger partial charge in [0.25, 0.3) is 0 Å². The number of hydrogen-bond acceptors (Lipinski definition) is 4. The zero-order valence-corrected chi connectivity index (χ0v) is 12.3. The fourth-order valence-corrected chi connectivity index (χ4v) is 3.52. The highest BCUT2D eigenvalue weighted by atomic mass is 16.5. The molecule has 0 saturated carbocycles. The third-order valence-electron chi connectivity index (χ3n) is 4.53. The van der Waals surface area contributed by atoms with Gasteiger partial charge in [-0.1, -0.05) is 0 Å². The van der Waals surface area contributed by atoms with Crippen LogP contribution in [0.5, 0.6) is 0 Å². The minimum Gasteiger partial charge on any atom is -0.478 e. The van der Waals surface area contributed by atoms with E-state index in [1.165, 1.54) is 0 Å². The van der Waals surface area contributed by atoms with E-state index >= 15 is 0 Å². The summed E-state index contributed by atoms with van der Waals surface area (Å²) in [6.45, 7) is 1.87. The molecule has 0 radical (unpaired) electrons. The number of benzene rings is 1. The number of carboxylic acids is 1. The van der Waals surface area contributed by atoms with Crippen molar-refractivity contribution in [3.8, 4) is 5.69 Å². The van der Waals surface area contributed by atoms with Crippen molar-refractivity contribution in [3.63, 3.8) is 0 Å². The molecule has 2 bridgehead atoms. The summed E-state index contributed by atoms with van der Waals surface area (Å²) in [5.74, 6) is 0.995. The highest BCUT2D eigenvalue weighted by Gasteiger charge is 2.43. The van der Waals surface area contributed by atoms with Gasteiger partial charge in [0.1, 0.15) is 11.6 Å². The smallest absolute Gasteiger partial charge is 0.335 e. The van der Waals surface area contributed by atoms with Crippen molar-refractivity contribution < 1.29 is 14.6 Å². The normalized spacial score (nSPS) is 26.5. The lowest BCUT2D eigenvalue weighted by Crippen LogP contribution is -2.19. The summed E-state index contributed by atoms with van der Waals surface area (Å²) in [5.41, 5.74) is 1.11. The molecular formula is C16H17N3O3. The number of ether oxygens (including phenoxy) is 1. The average Bonchev–Trinajstić information content (AvgIpc) is 3.21. The van der Waals surface area contributed by atoms with E-state index in [1.54, 1.807) is 24.3 Å². The van der Waals surface area contributed by atoms with Crippen LogP contribution in [0.4, 0.5) is 0 Å². The molecule has 2 saturated heterocycles. The van der Waals surface area contributed by atoms with Gasteiger partial charge >= 0.3 is 5.97 Å². The van der Waals surface area contributed by atoms with E-state index in [9.17, 15) is 4.79 Å². The summed E-state index contributed by atoms with van der Waals surface area (Å²) >= 11 is 0. The summed E-state index contributed by atoms with van der Waals surface area (Å²) in [6, 6.07) is 6.73. The van der Waals surface area contributed by atoms with Gasteiger partial charge in [0.15, 0.2) is 0 Å². The molecular weight excluding hydrogens is 282 g/mol. The van der Waals surface area contributed by atoms with Gasteiger partial charge in [-0.25, -0.2) is 14.5 Å². The lowest BCUT2D eigenvalue weighted by Gasteiger charge is -2.18. The highest BCUT2D eigenvalue weighted by Crippen LogP contribution is 2.44. The van der Waals surface area contributed by atoms with E-state index in [-0.39, 0.29) is 17.6 Å². The number of nitrogens with zero attached hydrogens (tertiary/aromatic N) is 3. The first-order valence-electron chi connectivity index (χ1n) is 7.54. The molecule has 2 aromatic rings. The Bertz CT molecular complexity index is 723. The Morgan fingerprint density at radius 1 is 1.32 bits per heavy atom. The Hall–Kier alpha value is -2.21. The van der Waals surface area contributed by atoms with Crippen molar-refractivity contribution >= 4 is 5.97 Å². The summed E-state index contributed by atoms with van der Waals surface area (Å²) in [7, 11) is 0. The summed E-state index contributed by atoms with van der Waals surface area (Å²) in [4.78, 5) is 15.6. The Morgan fingerprint density at radius 3 is 2.68 bits per heavy atom. The van der Waals surface area contributed by atoms with Crippen LogP contribution in [0, 0.1) is 6.92 Å². The fourth-order valence-electron chi connectivity index (χ4n) is 3.52. The number of rotatable bonds is 3. The van der Waals surface area contributed by atoms with E-state index in [1.807, 2.05) is 11.6 Å². The fraction of sp³-hybridized carbons (Fsp3) is 0.438. The van der Waals surface area contributed by atoms with Crippen LogP contribution in [-0.2, 0) is 4.74 Å². The molecule has 22 heavy (non-hydrogen) atoms. The van der Waals surface area contributed by atoms with E-state index < -0.39 is 5.97 Å². The topological polar surface area (TPSA) is 77.2 Å². The maximum Gasteiger partial charge on any atom is 0.335 e. The van der Waals surface area contributed by atoms with Crippen LogP contribution in [0.3, 0.4) is 0 Å². The van der Waals surface area contributed by atoms with E-state index in [0.29, 0.717) is 6.10 Å². The first-order chi connectivity index (χ1) is 10.6. The third kappa shape index (κ3) is 2.11. The molecule has 1 aromatic carbocycles. The molecule has 6 heteroatoms. The highest BCUT2D eigenvalue weighted by molar-refractivity contribution is 5.87. The van der Waals surface area contributed by atoms with Crippen LogP contribution < -0.4 is 0 Å². The minimum atomic E-state index is -0.928. The number of carbonyl (C=O) groups is 1. The molecule has 114 valence electrons. The molecule has 0 amide bonds. The van der Waals surface area contributed by atoms with Crippen LogP contribution >= 0.6 is 0 Å². The lowest BCUT2D eigenvalue weighted by molar-refractivity contribution is 0.0697. The van der Waals surface area contributed by atoms with Gasteiger partial charge in [0, 0.05) is 5.92 Å². The molecule has 3 heterocycles. The molecule has 2 aliphatic rings. The second-order valence-corrected chi connectivity index (χ2v) is 6.00. The quantitative estimate of drug-likeness (QED) is 0.941. The number of aromatic nitrogens is 3. The molecule has 2 aliphatic heterocycles. The van der Waals surface area contributed by atoms with Crippen LogP contribution in [0.1, 0.15) is 47.2 Å². The van der Waals surface area contributed by atoms with Gasteiger partial charge in [-0.05, 0) is 50.5 Å². The van der Waals surface area contributed by atoms with Crippen LogP contribution in [0.25, 0.3) is 5.69 Å². The van der Waals surface area contributed by atoms with Gasteiger partial charge < -0.3 is 9.84 Å². The largest absolute Gasteiger partial charge is 0.478 e. The number of hydrogen-bond donors (Lipinski definition) is 1. The Balaban J connectivity index is 1.71. The second-order valence-electron chi connectivity index (χ2n) is 6.00. The number of aryl methyl sites for hydroxylation is 1. The standard InChI is InChI=1S/C16H17N3O3/c1-9-17-15(13-8-12-6-7-14(13)22-12)19(18-9)11-4-2-10(3-5-11)16(20)21/h2-5,12-14H,6-8H2,1H3,(H,20,21)/t12-,13+,14+/m0/s1. The first-order valence-corrected chi connectivity index (χ1v) is 7.54. The molecule has 3 atom stereocenters. The zero-order chi connectivity index (χ0) is 15.3. The van der Waals surface area contributed by atoms with Crippen molar-refractivity contribution in [1.82, 2.24) is 14.8 Å². The summed E-state index contributed by atoms with van der Waals surface area (Å²) < 4.78 is 7.76. The van der Waals surface area contributed by atoms with Crippen molar-refractivity contribution in [2.45, 2.75) is 44.3 Å². The van der Waals surface area contributed by atoms with E-state index in [4.69, 9.17) is 9.84 Å². The van der Waals surface area contributed by atoms with Gasteiger partial charge in [-0.3, -0.25) is 0 Å². The predicted molar refractivity (Wildman–Crippen MR) is 78.3 cm³/mol. The third-order valence-corrected chi connectivity index (χ3v) is 4.53.